The van der Waals surface area contributed by atoms with Crippen molar-refractivity contribution in [2.45, 2.75) is 17.7 Å². The van der Waals surface area contributed by atoms with Crippen LogP contribution < -0.4 is 13.7 Å². The fraction of sp³-hybridized carbons (Fsp3) is 0.176. The van der Waals surface area contributed by atoms with Gasteiger partial charge in [-0.2, -0.15) is 8.42 Å². The van der Waals surface area contributed by atoms with Crippen molar-refractivity contribution in [1.29, 1.82) is 0 Å². The van der Waals surface area contributed by atoms with E-state index in [9.17, 15) is 21.6 Å². The van der Waals surface area contributed by atoms with Gasteiger partial charge >= 0.3 is 16.5 Å². The molecule has 0 N–H and O–H groups in total. The van der Waals surface area contributed by atoms with Crippen molar-refractivity contribution in [3.63, 3.8) is 0 Å². The zero-order valence-corrected chi connectivity index (χ0v) is 14.4. The molecule has 0 saturated heterocycles. The number of rotatable bonds is 7. The third kappa shape index (κ3) is 4.92. The Morgan fingerprint density at radius 1 is 1.08 bits per heavy atom. The van der Waals surface area contributed by atoms with E-state index in [1.165, 1.54) is 25.3 Å². The second kappa shape index (κ2) is 7.69. The highest BCUT2D eigenvalue weighted by Gasteiger charge is 2.34. The summed E-state index contributed by atoms with van der Waals surface area (Å²) < 4.78 is 76.2. The molecular weight excluding hydrogens is 373 g/mol. The number of alkyl halides is 3. The number of allylic oxidation sites excluding steroid dienone is 1. The Hall–Kier alpha value is -2.68. The van der Waals surface area contributed by atoms with Gasteiger partial charge in [-0.3, -0.25) is 0 Å². The molecule has 2 aromatic carbocycles. The zero-order valence-electron chi connectivity index (χ0n) is 13.6. The van der Waals surface area contributed by atoms with Crippen LogP contribution in [0.3, 0.4) is 0 Å². The summed E-state index contributed by atoms with van der Waals surface area (Å²) in [5, 5.41) is 0. The van der Waals surface area contributed by atoms with Gasteiger partial charge in [-0.15, -0.1) is 19.8 Å². The molecule has 2 rings (SSSR count). The van der Waals surface area contributed by atoms with E-state index in [4.69, 9.17) is 8.92 Å². The van der Waals surface area contributed by atoms with E-state index < -0.39 is 27.1 Å². The molecule has 0 aromatic heterocycles. The van der Waals surface area contributed by atoms with Crippen LogP contribution in [-0.2, 0) is 16.5 Å². The Morgan fingerprint density at radius 2 is 1.77 bits per heavy atom. The van der Waals surface area contributed by atoms with Gasteiger partial charge in [-0.25, -0.2) is 0 Å². The molecule has 0 bridgehead atoms. The summed E-state index contributed by atoms with van der Waals surface area (Å²) in [6.45, 7) is 3.60. The number of hydrogen-bond acceptors (Lipinski definition) is 5. The Morgan fingerprint density at radius 3 is 2.38 bits per heavy atom. The number of ether oxygens (including phenoxy) is 2. The molecule has 0 aliphatic rings. The third-order valence-electron chi connectivity index (χ3n) is 3.15. The number of halogens is 3. The maximum atomic E-state index is 12.5. The Kier molecular flexibility index (Phi) is 5.81. The number of para-hydroxylation sites is 1. The monoisotopic (exact) mass is 388 g/mol. The van der Waals surface area contributed by atoms with Gasteiger partial charge in [0, 0.05) is 0 Å². The first-order chi connectivity index (χ1) is 12.2. The second-order valence-corrected chi connectivity index (χ2v) is 6.52. The standard InChI is InChI=1S/C17H15F3O5S/c1-3-6-12-9-10-13(15(11-12)23-2)25-26(21,22)16-8-5-4-7-14(16)24-17(18,19)20/h3-5,7-11H,1,6H2,2H3. The Bertz CT molecular complexity index is 892. The molecule has 5 nitrogen and oxygen atoms in total. The minimum Gasteiger partial charge on any atom is -0.493 e. The van der Waals surface area contributed by atoms with Crippen molar-refractivity contribution in [2.75, 3.05) is 7.11 Å². The van der Waals surface area contributed by atoms with E-state index in [0.717, 1.165) is 17.7 Å². The molecular formula is C17H15F3O5S. The van der Waals surface area contributed by atoms with Gasteiger partial charge in [0.1, 0.15) is 4.90 Å². The highest BCUT2D eigenvalue weighted by atomic mass is 32.2. The SMILES string of the molecule is C=CCc1ccc(OS(=O)(=O)c2ccccc2OC(F)(F)F)c(OC)c1. The predicted octanol–water partition coefficient (Wildman–Crippen LogP) is 4.09. The highest BCUT2D eigenvalue weighted by molar-refractivity contribution is 7.87. The van der Waals surface area contributed by atoms with Crippen molar-refractivity contribution in [2.24, 2.45) is 0 Å². The first-order valence-corrected chi connectivity index (χ1v) is 8.64. The molecule has 0 saturated carbocycles. The molecule has 2 aromatic rings. The van der Waals surface area contributed by atoms with Gasteiger partial charge < -0.3 is 13.7 Å². The summed E-state index contributed by atoms with van der Waals surface area (Å²) in [5.41, 5.74) is 0.794. The summed E-state index contributed by atoms with van der Waals surface area (Å²) >= 11 is 0. The third-order valence-corrected chi connectivity index (χ3v) is 4.43. The van der Waals surface area contributed by atoms with Crippen LogP contribution in [0.2, 0.25) is 0 Å². The maximum Gasteiger partial charge on any atom is 0.573 e. The van der Waals surface area contributed by atoms with Crippen LogP contribution in [0.1, 0.15) is 5.56 Å². The highest BCUT2D eigenvalue weighted by Crippen LogP contribution is 2.34. The summed E-state index contributed by atoms with van der Waals surface area (Å²) in [6, 6.07) is 8.79. The lowest BCUT2D eigenvalue weighted by Crippen LogP contribution is -2.20. The van der Waals surface area contributed by atoms with Crippen molar-refractivity contribution < 1.29 is 35.2 Å². The van der Waals surface area contributed by atoms with Gasteiger partial charge in [0.25, 0.3) is 0 Å². The van der Waals surface area contributed by atoms with Gasteiger partial charge in [-0.1, -0.05) is 24.3 Å². The molecule has 0 aliphatic heterocycles. The van der Waals surface area contributed by atoms with Crippen molar-refractivity contribution >= 4 is 10.1 Å². The van der Waals surface area contributed by atoms with Crippen LogP contribution >= 0.6 is 0 Å². The van der Waals surface area contributed by atoms with Gasteiger partial charge in [0.15, 0.2) is 17.2 Å². The lowest BCUT2D eigenvalue weighted by molar-refractivity contribution is -0.275. The molecule has 9 heteroatoms. The molecule has 0 amide bonds. The summed E-state index contributed by atoms with van der Waals surface area (Å²) in [7, 11) is -3.29. The molecule has 0 spiro atoms. The Balaban J connectivity index is 2.40. The number of hydrogen-bond donors (Lipinski definition) is 0. The summed E-state index contributed by atoms with van der Waals surface area (Å²) in [5.74, 6) is -0.938. The summed E-state index contributed by atoms with van der Waals surface area (Å²) in [4.78, 5) is -0.755. The zero-order chi connectivity index (χ0) is 19.4. The molecule has 0 heterocycles. The smallest absolute Gasteiger partial charge is 0.493 e. The largest absolute Gasteiger partial charge is 0.573 e. The van der Waals surface area contributed by atoms with Crippen molar-refractivity contribution in [3.05, 3.63) is 60.7 Å². The molecule has 0 unspecified atom stereocenters. The maximum absolute atomic E-state index is 12.5. The van der Waals surface area contributed by atoms with Crippen LogP contribution in [0.15, 0.2) is 60.0 Å². The Labute approximate surface area is 148 Å². The van der Waals surface area contributed by atoms with Crippen molar-refractivity contribution in [3.8, 4) is 17.2 Å². The van der Waals surface area contributed by atoms with Crippen LogP contribution in [-0.4, -0.2) is 21.9 Å². The van der Waals surface area contributed by atoms with Crippen LogP contribution in [0, 0.1) is 0 Å². The van der Waals surface area contributed by atoms with Crippen LogP contribution in [0.4, 0.5) is 13.2 Å². The minimum absolute atomic E-state index is 0.113. The lowest BCUT2D eigenvalue weighted by Gasteiger charge is -2.15. The quantitative estimate of drug-likeness (QED) is 0.528. The van der Waals surface area contributed by atoms with Crippen molar-refractivity contribution in [1.82, 2.24) is 0 Å². The molecule has 0 atom stereocenters. The van der Waals surface area contributed by atoms with Gasteiger partial charge in [-0.05, 0) is 36.2 Å². The molecule has 140 valence electrons. The molecule has 0 radical (unpaired) electrons. The minimum atomic E-state index is -5.05. The first kappa shape index (κ1) is 19.6. The molecule has 26 heavy (non-hydrogen) atoms. The topological polar surface area (TPSA) is 61.8 Å². The predicted molar refractivity (Wildman–Crippen MR) is 87.8 cm³/mol. The lowest BCUT2D eigenvalue weighted by atomic mass is 10.1. The fourth-order valence-corrected chi connectivity index (χ4v) is 3.17. The average Bonchev–Trinajstić information content (AvgIpc) is 2.55. The van der Waals surface area contributed by atoms with Gasteiger partial charge in [0.2, 0.25) is 0 Å². The molecule has 0 aliphatic carbocycles. The van der Waals surface area contributed by atoms with E-state index in [1.54, 1.807) is 18.2 Å². The normalized spacial score (nSPS) is 11.7. The van der Waals surface area contributed by atoms with Crippen LogP contribution in [0.5, 0.6) is 17.2 Å². The second-order valence-electron chi connectivity index (χ2n) is 5.01. The van der Waals surface area contributed by atoms with E-state index >= 15 is 0 Å². The van der Waals surface area contributed by atoms with Crippen LogP contribution in [0.25, 0.3) is 0 Å². The number of methoxy groups -OCH3 is 1. The van der Waals surface area contributed by atoms with E-state index in [0.29, 0.717) is 6.42 Å². The van der Waals surface area contributed by atoms with E-state index in [2.05, 4.69) is 11.3 Å². The van der Waals surface area contributed by atoms with E-state index in [-0.39, 0.29) is 11.5 Å². The first-order valence-electron chi connectivity index (χ1n) is 7.23. The average molecular weight is 388 g/mol. The van der Waals surface area contributed by atoms with Gasteiger partial charge in [0.05, 0.1) is 7.11 Å². The summed E-state index contributed by atoms with van der Waals surface area (Å²) in [6.07, 6.45) is -2.88. The fourth-order valence-electron chi connectivity index (χ4n) is 2.10. The van der Waals surface area contributed by atoms with E-state index in [1.807, 2.05) is 0 Å². The number of benzene rings is 2. The molecule has 0 fully saturated rings.